The molecular weight excluding hydrogens is 404 g/mol. The largest absolute Gasteiger partial charge is 0.383 e. The van der Waals surface area contributed by atoms with Crippen molar-refractivity contribution < 1.29 is 9.53 Å². The Balaban J connectivity index is 1.79. The fourth-order valence-corrected chi connectivity index (χ4v) is 4.04. The van der Waals surface area contributed by atoms with Crippen LogP contribution in [0.4, 0.5) is 11.5 Å². The number of rotatable bonds is 8. The lowest BCUT2D eigenvalue weighted by atomic mass is 9.82. The highest BCUT2D eigenvalue weighted by Gasteiger charge is 2.34. The van der Waals surface area contributed by atoms with Gasteiger partial charge in [0.05, 0.1) is 24.6 Å². The Kier molecular flexibility index (Phi) is 7.32. The lowest BCUT2D eigenvalue weighted by Gasteiger charge is -2.37. The van der Waals surface area contributed by atoms with Crippen molar-refractivity contribution in [2.45, 2.75) is 31.3 Å². The second-order valence-corrected chi connectivity index (χ2v) is 8.05. The zero-order chi connectivity index (χ0) is 21.7. The monoisotopic (exact) mass is 430 g/mol. The Labute approximate surface area is 181 Å². The molecule has 160 valence electrons. The van der Waals surface area contributed by atoms with Crippen LogP contribution in [-0.4, -0.2) is 53.9 Å². The van der Waals surface area contributed by atoms with Gasteiger partial charge in [0.25, 0.3) is 5.91 Å². The molecule has 1 fully saturated rings. The first-order valence-electron chi connectivity index (χ1n) is 9.93. The molecule has 30 heavy (non-hydrogen) atoms. The molecule has 3 N–H and O–H groups in total. The van der Waals surface area contributed by atoms with E-state index in [1.54, 1.807) is 42.3 Å². The smallest absolute Gasteiger partial charge is 0.254 e. The van der Waals surface area contributed by atoms with Gasteiger partial charge in [-0.25, -0.2) is 0 Å². The van der Waals surface area contributed by atoms with Crippen LogP contribution in [0.25, 0.3) is 0 Å². The maximum absolute atomic E-state index is 12.0. The van der Waals surface area contributed by atoms with E-state index in [9.17, 15) is 10.1 Å². The van der Waals surface area contributed by atoms with E-state index in [2.05, 4.69) is 28.4 Å². The molecule has 1 saturated carbocycles. The van der Waals surface area contributed by atoms with Gasteiger partial charge in [0, 0.05) is 36.6 Å². The standard InChI is InChI=1S/C21H27ClN6O2/c1-27(9-10-30-2)17-7-8-19(14(11-17)12-23)28-13-18(20(24)29)21(26-28)25-16-5-3-15(22)4-6-16/h3-6,13-14,17,19H,7-11H2,1-2H3,(H2,24,29)(H,25,26). The zero-order valence-electron chi connectivity index (χ0n) is 17.2. The molecule has 1 heterocycles. The van der Waals surface area contributed by atoms with E-state index in [1.807, 2.05) is 0 Å². The zero-order valence-corrected chi connectivity index (χ0v) is 18.0. The molecule has 0 radical (unpaired) electrons. The number of benzene rings is 1. The Morgan fingerprint density at radius 2 is 2.17 bits per heavy atom. The lowest BCUT2D eigenvalue weighted by Crippen LogP contribution is -2.40. The van der Waals surface area contributed by atoms with E-state index in [-0.39, 0.29) is 12.0 Å². The van der Waals surface area contributed by atoms with Crippen LogP contribution in [0.3, 0.4) is 0 Å². The summed E-state index contributed by atoms with van der Waals surface area (Å²) in [6.07, 6.45) is 4.12. The number of primary amides is 1. The van der Waals surface area contributed by atoms with Crippen LogP contribution in [0.5, 0.6) is 0 Å². The summed E-state index contributed by atoms with van der Waals surface area (Å²) in [6, 6.07) is 9.74. The molecule has 0 aliphatic heterocycles. The van der Waals surface area contributed by atoms with E-state index in [1.165, 1.54) is 0 Å². The van der Waals surface area contributed by atoms with Crippen LogP contribution in [0.1, 0.15) is 35.7 Å². The van der Waals surface area contributed by atoms with Crippen LogP contribution < -0.4 is 11.1 Å². The first-order valence-corrected chi connectivity index (χ1v) is 10.3. The number of nitrogens with zero attached hydrogens (tertiary/aromatic N) is 4. The number of likely N-dealkylation sites (N-methyl/N-ethyl adjacent to an activating group) is 1. The van der Waals surface area contributed by atoms with Gasteiger partial charge in [0.15, 0.2) is 5.82 Å². The second kappa shape index (κ2) is 9.94. The molecule has 9 heteroatoms. The number of nitrogens with two attached hydrogens (primary N) is 1. The predicted molar refractivity (Wildman–Crippen MR) is 116 cm³/mol. The van der Waals surface area contributed by atoms with Gasteiger partial charge in [-0.15, -0.1) is 0 Å². The second-order valence-electron chi connectivity index (χ2n) is 7.61. The van der Waals surface area contributed by atoms with Crippen LogP contribution in [-0.2, 0) is 4.74 Å². The Morgan fingerprint density at radius 1 is 1.43 bits per heavy atom. The molecule has 3 unspecified atom stereocenters. The number of hydrogen-bond donors (Lipinski definition) is 2. The van der Waals surface area contributed by atoms with Crippen molar-refractivity contribution >= 4 is 29.0 Å². The van der Waals surface area contributed by atoms with Crippen molar-refractivity contribution in [1.82, 2.24) is 14.7 Å². The topological polar surface area (TPSA) is 109 Å². The first-order chi connectivity index (χ1) is 14.4. The molecule has 1 aromatic carbocycles. The summed E-state index contributed by atoms with van der Waals surface area (Å²) in [7, 11) is 3.75. The quantitative estimate of drug-likeness (QED) is 0.665. The molecule has 1 aliphatic carbocycles. The van der Waals surface area contributed by atoms with Gasteiger partial charge >= 0.3 is 0 Å². The summed E-state index contributed by atoms with van der Waals surface area (Å²) in [5.74, 6) is -0.405. The van der Waals surface area contributed by atoms with Crippen molar-refractivity contribution in [2.75, 3.05) is 32.6 Å². The molecule has 1 amide bonds. The molecule has 1 aromatic heterocycles. The Bertz CT molecular complexity index is 907. The molecular formula is C21H27ClN6O2. The maximum atomic E-state index is 12.0. The van der Waals surface area contributed by atoms with E-state index in [0.29, 0.717) is 29.1 Å². The third-order valence-corrected chi connectivity index (χ3v) is 5.92. The van der Waals surface area contributed by atoms with Gasteiger partial charge in [0.1, 0.15) is 5.56 Å². The number of methoxy groups -OCH3 is 1. The summed E-state index contributed by atoms with van der Waals surface area (Å²) >= 11 is 5.93. The fourth-order valence-electron chi connectivity index (χ4n) is 3.91. The molecule has 2 aromatic rings. The lowest BCUT2D eigenvalue weighted by molar-refractivity contribution is 0.0992. The van der Waals surface area contributed by atoms with Crippen molar-refractivity contribution in [2.24, 2.45) is 11.7 Å². The van der Waals surface area contributed by atoms with E-state index in [0.717, 1.165) is 31.5 Å². The summed E-state index contributed by atoms with van der Waals surface area (Å²) in [4.78, 5) is 14.2. The first kappa shape index (κ1) is 22.1. The molecule has 8 nitrogen and oxygen atoms in total. The van der Waals surface area contributed by atoms with Crippen LogP contribution in [0.15, 0.2) is 30.5 Å². The van der Waals surface area contributed by atoms with Crippen molar-refractivity contribution in [3.8, 4) is 6.07 Å². The third-order valence-electron chi connectivity index (χ3n) is 5.67. The minimum atomic E-state index is -0.570. The van der Waals surface area contributed by atoms with E-state index in [4.69, 9.17) is 22.1 Å². The molecule has 3 rings (SSSR count). The van der Waals surface area contributed by atoms with Crippen molar-refractivity contribution in [3.05, 3.63) is 41.0 Å². The molecule has 0 spiro atoms. The highest BCUT2D eigenvalue weighted by atomic mass is 35.5. The maximum Gasteiger partial charge on any atom is 0.254 e. The number of nitriles is 1. The van der Waals surface area contributed by atoms with Gasteiger partial charge in [0.2, 0.25) is 0 Å². The molecule has 0 bridgehead atoms. The van der Waals surface area contributed by atoms with Gasteiger partial charge in [-0.2, -0.15) is 10.4 Å². The fraction of sp³-hybridized carbons (Fsp3) is 0.476. The summed E-state index contributed by atoms with van der Waals surface area (Å²) in [5, 5.41) is 18.1. The SMILES string of the molecule is COCCN(C)C1CCC(n2cc(C(N)=O)c(Nc3ccc(Cl)cc3)n2)C(C#N)C1. The number of carbonyl (C=O) groups is 1. The van der Waals surface area contributed by atoms with Crippen LogP contribution in [0.2, 0.25) is 5.02 Å². The average Bonchev–Trinajstić information content (AvgIpc) is 3.17. The number of aromatic nitrogens is 2. The summed E-state index contributed by atoms with van der Waals surface area (Å²) in [6.45, 7) is 1.49. The molecule has 1 aliphatic rings. The molecule has 0 saturated heterocycles. The van der Waals surface area contributed by atoms with Gasteiger partial charge < -0.3 is 20.7 Å². The number of nitrogens with one attached hydrogen (secondary N) is 1. The molecule has 3 atom stereocenters. The van der Waals surface area contributed by atoms with Crippen molar-refractivity contribution in [1.29, 1.82) is 5.26 Å². The summed E-state index contributed by atoms with van der Waals surface area (Å²) in [5.41, 5.74) is 6.61. The predicted octanol–water partition coefficient (Wildman–Crippen LogP) is 3.19. The minimum absolute atomic E-state index is 0.110. The number of hydrogen-bond acceptors (Lipinski definition) is 6. The Hall–Kier alpha value is -2.60. The van der Waals surface area contributed by atoms with Crippen LogP contribution >= 0.6 is 11.6 Å². The minimum Gasteiger partial charge on any atom is -0.383 e. The number of anilines is 2. The van der Waals surface area contributed by atoms with Gasteiger partial charge in [-0.3, -0.25) is 9.48 Å². The highest BCUT2D eigenvalue weighted by molar-refractivity contribution is 6.30. The third kappa shape index (κ3) is 5.11. The normalized spacial score (nSPS) is 21.4. The highest BCUT2D eigenvalue weighted by Crippen LogP contribution is 2.36. The van der Waals surface area contributed by atoms with E-state index < -0.39 is 5.91 Å². The number of halogens is 1. The van der Waals surface area contributed by atoms with E-state index >= 15 is 0 Å². The number of amides is 1. The van der Waals surface area contributed by atoms with Gasteiger partial charge in [-0.1, -0.05) is 11.6 Å². The number of carbonyl (C=O) groups excluding carboxylic acids is 1. The van der Waals surface area contributed by atoms with Crippen LogP contribution in [0, 0.1) is 17.2 Å². The number of ether oxygens (including phenoxy) is 1. The Morgan fingerprint density at radius 3 is 2.80 bits per heavy atom. The average molecular weight is 431 g/mol. The summed E-state index contributed by atoms with van der Waals surface area (Å²) < 4.78 is 6.88. The van der Waals surface area contributed by atoms with Gasteiger partial charge in [-0.05, 0) is 50.6 Å². The van der Waals surface area contributed by atoms with Crippen molar-refractivity contribution in [3.63, 3.8) is 0 Å².